The van der Waals surface area contributed by atoms with Crippen molar-refractivity contribution in [3.8, 4) is 0 Å². The smallest absolute Gasteiger partial charge is 0.344 e. The highest BCUT2D eigenvalue weighted by Crippen LogP contribution is 2.35. The molecule has 6 heteroatoms. The fourth-order valence-corrected chi connectivity index (χ4v) is 3.55. The minimum atomic E-state index is -0.534. The minimum Gasteiger partial charge on any atom is -0.424 e. The zero-order valence-corrected chi connectivity index (χ0v) is 14.6. The number of benzene rings is 1. The monoisotopic (exact) mass is 361 g/mol. The molecule has 0 bridgehead atoms. The highest BCUT2D eigenvalue weighted by molar-refractivity contribution is 6.36. The average Bonchev–Trinajstić information content (AvgIpc) is 2.53. The van der Waals surface area contributed by atoms with Crippen molar-refractivity contribution < 1.29 is 9.53 Å². The SMILES string of the molecule is CNC1(/C(=C/Cl)OC(=O)c2ccc(Cl)cc2Cl)CCCCC1. The van der Waals surface area contributed by atoms with Gasteiger partial charge in [0.05, 0.1) is 16.1 Å². The maximum absolute atomic E-state index is 12.4. The Morgan fingerprint density at radius 2 is 1.95 bits per heavy atom. The van der Waals surface area contributed by atoms with Crippen molar-refractivity contribution in [3.63, 3.8) is 0 Å². The summed E-state index contributed by atoms with van der Waals surface area (Å²) in [5.41, 5.74) is 1.21. The number of carbonyl (C=O) groups excluding carboxylic acids is 1. The maximum Gasteiger partial charge on any atom is 0.344 e. The van der Waals surface area contributed by atoms with Crippen LogP contribution in [0.15, 0.2) is 29.5 Å². The third-order valence-corrected chi connectivity index (χ3v) is 4.86. The number of hydrogen-bond acceptors (Lipinski definition) is 3. The van der Waals surface area contributed by atoms with E-state index >= 15 is 0 Å². The lowest BCUT2D eigenvalue weighted by molar-refractivity contribution is 0.0534. The predicted octanol–water partition coefficient (Wildman–Crippen LogP) is 5.15. The van der Waals surface area contributed by atoms with Gasteiger partial charge in [-0.15, -0.1) is 0 Å². The molecule has 120 valence electrons. The second-order valence-electron chi connectivity index (χ2n) is 5.38. The van der Waals surface area contributed by atoms with Gasteiger partial charge in [-0.25, -0.2) is 4.79 Å². The fourth-order valence-electron chi connectivity index (χ4n) is 2.81. The molecule has 3 nitrogen and oxygen atoms in total. The summed E-state index contributed by atoms with van der Waals surface area (Å²) >= 11 is 17.8. The number of ether oxygens (including phenoxy) is 1. The zero-order chi connectivity index (χ0) is 16.2. The molecule has 0 atom stereocenters. The molecule has 1 saturated carbocycles. The summed E-state index contributed by atoms with van der Waals surface area (Å²) in [5.74, 6) is -0.0962. The van der Waals surface area contributed by atoms with E-state index in [0.29, 0.717) is 10.8 Å². The number of carbonyl (C=O) groups is 1. The summed E-state index contributed by atoms with van der Waals surface area (Å²) in [5, 5.41) is 3.99. The second kappa shape index (κ2) is 7.69. The van der Waals surface area contributed by atoms with Crippen molar-refractivity contribution in [3.05, 3.63) is 45.1 Å². The Bertz CT molecular complexity index is 581. The van der Waals surface area contributed by atoms with Crippen molar-refractivity contribution in [2.45, 2.75) is 37.6 Å². The van der Waals surface area contributed by atoms with E-state index in [9.17, 15) is 4.79 Å². The number of rotatable bonds is 4. The molecule has 1 fully saturated rings. The first-order valence-corrected chi connectivity index (χ1v) is 8.38. The molecule has 0 aliphatic heterocycles. The lowest BCUT2D eigenvalue weighted by Crippen LogP contribution is -2.47. The Kier molecular flexibility index (Phi) is 6.16. The highest BCUT2D eigenvalue weighted by Gasteiger charge is 2.37. The van der Waals surface area contributed by atoms with Gasteiger partial charge in [0.1, 0.15) is 5.76 Å². The maximum atomic E-state index is 12.4. The van der Waals surface area contributed by atoms with Gasteiger partial charge in [0.25, 0.3) is 0 Å². The van der Waals surface area contributed by atoms with E-state index in [1.165, 1.54) is 18.0 Å². The largest absolute Gasteiger partial charge is 0.424 e. The van der Waals surface area contributed by atoms with Crippen LogP contribution < -0.4 is 5.32 Å². The summed E-state index contributed by atoms with van der Waals surface area (Å²) in [6.45, 7) is 0. The minimum absolute atomic E-state index is 0.258. The first kappa shape index (κ1) is 17.6. The molecule has 0 aromatic heterocycles. The van der Waals surface area contributed by atoms with E-state index in [-0.39, 0.29) is 10.6 Å². The molecule has 1 aromatic carbocycles. The van der Waals surface area contributed by atoms with E-state index in [1.807, 2.05) is 7.05 Å². The Hall–Kier alpha value is -0.740. The van der Waals surface area contributed by atoms with Crippen molar-refractivity contribution >= 4 is 40.8 Å². The van der Waals surface area contributed by atoms with E-state index < -0.39 is 11.5 Å². The molecule has 0 unspecified atom stereocenters. The lowest BCUT2D eigenvalue weighted by atomic mass is 9.80. The topological polar surface area (TPSA) is 38.3 Å². The standard InChI is InChI=1S/C16H18Cl3NO2/c1-20-16(7-3-2-4-8-16)14(10-17)22-15(21)12-6-5-11(18)9-13(12)19/h5-6,9-10,20H,2-4,7-8H2,1H3/b14-10-. The van der Waals surface area contributed by atoms with Crippen LogP contribution in [0.4, 0.5) is 0 Å². The normalized spacial score (nSPS) is 18.1. The second-order valence-corrected chi connectivity index (χ2v) is 6.44. The van der Waals surface area contributed by atoms with Crippen LogP contribution in [0.25, 0.3) is 0 Å². The summed E-state index contributed by atoms with van der Waals surface area (Å²) in [6.07, 6.45) is 5.06. The lowest BCUT2D eigenvalue weighted by Gasteiger charge is -2.37. The molecule has 0 heterocycles. The molecule has 0 amide bonds. The first-order chi connectivity index (χ1) is 10.5. The van der Waals surface area contributed by atoms with Crippen LogP contribution in [0.2, 0.25) is 10.0 Å². The van der Waals surface area contributed by atoms with Gasteiger partial charge < -0.3 is 10.1 Å². The van der Waals surface area contributed by atoms with E-state index in [4.69, 9.17) is 39.5 Å². The Balaban J connectivity index is 2.21. The number of esters is 1. The van der Waals surface area contributed by atoms with Crippen LogP contribution in [-0.4, -0.2) is 18.6 Å². The van der Waals surface area contributed by atoms with Crippen molar-refractivity contribution in [2.24, 2.45) is 0 Å². The number of nitrogens with one attached hydrogen (secondary N) is 1. The molecular formula is C16H18Cl3NO2. The quantitative estimate of drug-likeness (QED) is 0.594. The molecule has 0 spiro atoms. The van der Waals surface area contributed by atoms with Crippen LogP contribution in [0.3, 0.4) is 0 Å². The van der Waals surface area contributed by atoms with Crippen LogP contribution in [0, 0.1) is 0 Å². The third-order valence-electron chi connectivity index (χ3n) is 4.11. The van der Waals surface area contributed by atoms with Gasteiger partial charge in [-0.2, -0.15) is 0 Å². The van der Waals surface area contributed by atoms with Crippen LogP contribution in [-0.2, 0) is 4.74 Å². The zero-order valence-electron chi connectivity index (χ0n) is 12.3. The summed E-state index contributed by atoms with van der Waals surface area (Å²) in [7, 11) is 1.86. The fraction of sp³-hybridized carbons (Fsp3) is 0.438. The Morgan fingerprint density at radius 1 is 1.27 bits per heavy atom. The van der Waals surface area contributed by atoms with Gasteiger partial charge in [-0.05, 0) is 38.1 Å². The van der Waals surface area contributed by atoms with Crippen molar-refractivity contribution in [1.29, 1.82) is 0 Å². The van der Waals surface area contributed by atoms with Crippen LogP contribution >= 0.6 is 34.8 Å². The van der Waals surface area contributed by atoms with Crippen LogP contribution in [0.5, 0.6) is 0 Å². The Morgan fingerprint density at radius 3 is 2.50 bits per heavy atom. The van der Waals surface area contributed by atoms with E-state index in [0.717, 1.165) is 25.7 Å². The molecule has 0 radical (unpaired) electrons. The third kappa shape index (κ3) is 3.77. The van der Waals surface area contributed by atoms with Gasteiger partial charge in [0.15, 0.2) is 0 Å². The van der Waals surface area contributed by atoms with Gasteiger partial charge in [0.2, 0.25) is 0 Å². The van der Waals surface area contributed by atoms with E-state index in [1.54, 1.807) is 12.1 Å². The van der Waals surface area contributed by atoms with Gasteiger partial charge >= 0.3 is 5.97 Å². The number of likely N-dealkylation sites (N-methyl/N-ethyl adjacent to an activating group) is 1. The molecule has 22 heavy (non-hydrogen) atoms. The van der Waals surface area contributed by atoms with Crippen LogP contribution in [0.1, 0.15) is 42.5 Å². The Labute approximate surface area is 145 Å². The van der Waals surface area contributed by atoms with Crippen molar-refractivity contribution in [2.75, 3.05) is 7.05 Å². The van der Waals surface area contributed by atoms with Gasteiger partial charge in [-0.1, -0.05) is 54.1 Å². The summed E-state index contributed by atoms with van der Waals surface area (Å²) in [4.78, 5) is 12.4. The molecule has 2 rings (SSSR count). The summed E-state index contributed by atoms with van der Waals surface area (Å²) < 4.78 is 5.54. The highest BCUT2D eigenvalue weighted by atomic mass is 35.5. The molecule has 1 aliphatic rings. The van der Waals surface area contributed by atoms with Crippen molar-refractivity contribution in [1.82, 2.24) is 5.32 Å². The first-order valence-electron chi connectivity index (χ1n) is 7.19. The molecule has 1 N–H and O–H groups in total. The molecule has 0 saturated heterocycles. The molecular weight excluding hydrogens is 345 g/mol. The molecule has 1 aliphatic carbocycles. The number of halogens is 3. The van der Waals surface area contributed by atoms with Gasteiger partial charge in [0, 0.05) is 10.6 Å². The predicted molar refractivity (Wildman–Crippen MR) is 90.7 cm³/mol. The van der Waals surface area contributed by atoms with E-state index in [2.05, 4.69) is 5.32 Å². The summed E-state index contributed by atoms with van der Waals surface area (Å²) in [6, 6.07) is 4.66. The van der Waals surface area contributed by atoms with Gasteiger partial charge in [-0.3, -0.25) is 0 Å². The number of hydrogen-bond donors (Lipinski definition) is 1. The molecule has 1 aromatic rings. The average molecular weight is 363 g/mol.